The van der Waals surface area contributed by atoms with Gasteiger partial charge in [-0.15, -0.1) is 11.3 Å². The van der Waals surface area contributed by atoms with Crippen molar-refractivity contribution in [1.82, 2.24) is 0 Å². The summed E-state index contributed by atoms with van der Waals surface area (Å²) in [7, 11) is 0. The van der Waals surface area contributed by atoms with E-state index >= 15 is 0 Å². The topological polar surface area (TPSA) is 20.2 Å². The maximum atomic E-state index is 9.45. The average molecular weight is 305 g/mol. The van der Waals surface area contributed by atoms with Crippen LogP contribution in [0.1, 0.15) is 0 Å². The number of aromatic hydroxyl groups is 1. The lowest BCUT2D eigenvalue weighted by Crippen LogP contribution is -1.74. The van der Waals surface area contributed by atoms with E-state index < -0.39 is 0 Å². The Labute approximate surface area is 111 Å². The minimum atomic E-state index is 0.321. The van der Waals surface area contributed by atoms with Gasteiger partial charge >= 0.3 is 0 Å². The van der Waals surface area contributed by atoms with E-state index in [0.29, 0.717) is 5.75 Å². The summed E-state index contributed by atoms with van der Waals surface area (Å²) >= 11 is 5.09. The highest BCUT2D eigenvalue weighted by molar-refractivity contribution is 9.10. The van der Waals surface area contributed by atoms with Gasteiger partial charge in [-0.25, -0.2) is 0 Å². The Morgan fingerprint density at radius 1 is 1.00 bits per heavy atom. The monoisotopic (exact) mass is 304 g/mol. The van der Waals surface area contributed by atoms with Gasteiger partial charge < -0.3 is 5.11 Å². The molecule has 0 fully saturated rings. The second-order valence-electron chi connectivity index (χ2n) is 3.84. The molecule has 1 heterocycles. The Morgan fingerprint density at radius 3 is 2.53 bits per heavy atom. The predicted octanol–water partition coefficient (Wildman–Crippen LogP) is 5.04. The maximum absolute atomic E-state index is 9.45. The molecule has 0 amide bonds. The maximum Gasteiger partial charge on any atom is 0.117 e. The molecule has 0 aliphatic heterocycles. The van der Waals surface area contributed by atoms with Crippen LogP contribution in [-0.4, -0.2) is 5.11 Å². The molecule has 3 heteroatoms. The summed E-state index contributed by atoms with van der Waals surface area (Å²) in [6.07, 6.45) is 0. The van der Waals surface area contributed by atoms with Crippen LogP contribution in [0.5, 0.6) is 5.75 Å². The van der Waals surface area contributed by atoms with Gasteiger partial charge in [0.1, 0.15) is 5.75 Å². The second kappa shape index (κ2) is 4.17. The standard InChI is InChI=1S/C14H9BrOS/c15-10-3-1-9(2-4-10)13-8-17-14-7-11(16)5-6-12(13)14/h1-8,16H. The van der Waals surface area contributed by atoms with Crippen LogP contribution in [0.15, 0.2) is 52.3 Å². The molecule has 0 saturated carbocycles. The van der Waals surface area contributed by atoms with E-state index in [2.05, 4.69) is 33.4 Å². The first-order valence-electron chi connectivity index (χ1n) is 5.20. The molecule has 0 bridgehead atoms. The second-order valence-corrected chi connectivity index (χ2v) is 5.66. The van der Waals surface area contributed by atoms with Gasteiger partial charge in [0, 0.05) is 20.1 Å². The SMILES string of the molecule is Oc1ccc2c(-c3ccc(Br)cc3)csc2c1. The van der Waals surface area contributed by atoms with Crippen molar-refractivity contribution in [3.8, 4) is 16.9 Å². The molecule has 0 atom stereocenters. The molecule has 2 aromatic carbocycles. The van der Waals surface area contributed by atoms with E-state index in [9.17, 15) is 5.11 Å². The van der Waals surface area contributed by atoms with Gasteiger partial charge in [0.15, 0.2) is 0 Å². The highest BCUT2D eigenvalue weighted by Gasteiger charge is 2.06. The molecule has 3 rings (SSSR count). The van der Waals surface area contributed by atoms with E-state index in [1.807, 2.05) is 24.3 Å². The van der Waals surface area contributed by atoms with Crippen molar-refractivity contribution >= 4 is 37.4 Å². The van der Waals surface area contributed by atoms with E-state index in [4.69, 9.17) is 0 Å². The van der Waals surface area contributed by atoms with Crippen LogP contribution >= 0.6 is 27.3 Å². The summed E-state index contributed by atoms with van der Waals surface area (Å²) in [6, 6.07) is 13.8. The Hall–Kier alpha value is -1.32. The van der Waals surface area contributed by atoms with Crippen LogP contribution in [-0.2, 0) is 0 Å². The van der Waals surface area contributed by atoms with E-state index in [1.165, 1.54) is 16.5 Å². The Balaban J connectivity index is 2.21. The third-order valence-electron chi connectivity index (χ3n) is 2.71. The number of rotatable bonds is 1. The van der Waals surface area contributed by atoms with Crippen molar-refractivity contribution in [1.29, 1.82) is 0 Å². The quantitative estimate of drug-likeness (QED) is 0.668. The molecule has 0 spiro atoms. The number of thiophene rings is 1. The van der Waals surface area contributed by atoms with Crippen LogP contribution < -0.4 is 0 Å². The third kappa shape index (κ3) is 1.96. The molecular weight excluding hydrogens is 296 g/mol. The number of phenolic OH excluding ortho intramolecular Hbond substituents is 1. The molecule has 0 aliphatic carbocycles. The molecule has 0 unspecified atom stereocenters. The van der Waals surface area contributed by atoms with Crippen LogP contribution in [0.2, 0.25) is 0 Å². The van der Waals surface area contributed by atoms with Crippen molar-refractivity contribution in [3.63, 3.8) is 0 Å². The van der Waals surface area contributed by atoms with Crippen molar-refractivity contribution in [3.05, 3.63) is 52.3 Å². The van der Waals surface area contributed by atoms with E-state index in [0.717, 1.165) is 9.17 Å². The van der Waals surface area contributed by atoms with Crippen LogP contribution in [0, 0.1) is 0 Å². The third-order valence-corrected chi connectivity index (χ3v) is 4.19. The van der Waals surface area contributed by atoms with Crippen molar-refractivity contribution in [2.75, 3.05) is 0 Å². The fourth-order valence-electron chi connectivity index (χ4n) is 1.87. The van der Waals surface area contributed by atoms with Gasteiger partial charge in [-0.3, -0.25) is 0 Å². The summed E-state index contributed by atoms with van der Waals surface area (Å²) in [6.45, 7) is 0. The minimum Gasteiger partial charge on any atom is -0.508 e. The van der Waals surface area contributed by atoms with Gasteiger partial charge in [-0.2, -0.15) is 0 Å². The van der Waals surface area contributed by atoms with E-state index in [-0.39, 0.29) is 0 Å². The lowest BCUT2D eigenvalue weighted by atomic mass is 10.1. The molecular formula is C14H9BrOS. The average Bonchev–Trinajstić information content (AvgIpc) is 2.73. The summed E-state index contributed by atoms with van der Waals surface area (Å²) in [4.78, 5) is 0. The Bertz CT molecular complexity index is 670. The summed E-state index contributed by atoms with van der Waals surface area (Å²) in [5, 5.41) is 12.8. The number of hydrogen-bond acceptors (Lipinski definition) is 2. The lowest BCUT2D eigenvalue weighted by Gasteiger charge is -2.00. The zero-order valence-electron chi connectivity index (χ0n) is 8.85. The summed E-state index contributed by atoms with van der Waals surface area (Å²) < 4.78 is 2.20. The molecule has 84 valence electrons. The van der Waals surface area contributed by atoms with Crippen LogP contribution in [0.3, 0.4) is 0 Å². The highest BCUT2D eigenvalue weighted by Crippen LogP contribution is 2.35. The number of fused-ring (bicyclic) bond motifs is 1. The smallest absolute Gasteiger partial charge is 0.117 e. The van der Waals surface area contributed by atoms with Crippen molar-refractivity contribution in [2.24, 2.45) is 0 Å². The fourth-order valence-corrected chi connectivity index (χ4v) is 3.14. The molecule has 1 aromatic heterocycles. The molecule has 0 aliphatic rings. The van der Waals surface area contributed by atoms with Crippen LogP contribution in [0.25, 0.3) is 21.2 Å². The number of halogens is 1. The number of phenols is 1. The Morgan fingerprint density at radius 2 is 1.76 bits per heavy atom. The summed E-state index contributed by atoms with van der Waals surface area (Å²) in [5.74, 6) is 0.321. The van der Waals surface area contributed by atoms with Gasteiger partial charge in [0.2, 0.25) is 0 Å². The Kier molecular flexibility index (Phi) is 2.65. The van der Waals surface area contributed by atoms with Gasteiger partial charge in [0.25, 0.3) is 0 Å². The molecule has 3 aromatic rings. The summed E-state index contributed by atoms with van der Waals surface area (Å²) in [5.41, 5.74) is 2.42. The van der Waals surface area contributed by atoms with E-state index in [1.54, 1.807) is 17.4 Å². The molecule has 0 radical (unpaired) electrons. The first kappa shape index (κ1) is 10.8. The first-order valence-corrected chi connectivity index (χ1v) is 6.87. The predicted molar refractivity (Wildman–Crippen MR) is 76.6 cm³/mol. The molecule has 1 N–H and O–H groups in total. The zero-order valence-corrected chi connectivity index (χ0v) is 11.3. The lowest BCUT2D eigenvalue weighted by molar-refractivity contribution is 0.476. The fraction of sp³-hybridized carbons (Fsp3) is 0. The highest BCUT2D eigenvalue weighted by atomic mass is 79.9. The van der Waals surface area contributed by atoms with Gasteiger partial charge in [-0.1, -0.05) is 28.1 Å². The minimum absolute atomic E-state index is 0.321. The van der Waals surface area contributed by atoms with Gasteiger partial charge in [0.05, 0.1) is 0 Å². The van der Waals surface area contributed by atoms with Crippen molar-refractivity contribution in [2.45, 2.75) is 0 Å². The number of hydrogen-bond donors (Lipinski definition) is 1. The zero-order chi connectivity index (χ0) is 11.8. The first-order chi connectivity index (χ1) is 8.24. The normalized spacial score (nSPS) is 10.9. The molecule has 0 saturated heterocycles. The molecule has 1 nitrogen and oxygen atoms in total. The van der Waals surface area contributed by atoms with Crippen LogP contribution in [0.4, 0.5) is 0 Å². The van der Waals surface area contributed by atoms with Gasteiger partial charge in [-0.05, 0) is 41.3 Å². The van der Waals surface area contributed by atoms with Crippen molar-refractivity contribution < 1.29 is 5.11 Å². The molecule has 17 heavy (non-hydrogen) atoms. The number of benzene rings is 2. The largest absolute Gasteiger partial charge is 0.508 e.